The molecule has 0 saturated heterocycles. The van der Waals surface area contributed by atoms with Crippen LogP contribution in [-0.2, 0) is 17.8 Å². The van der Waals surface area contributed by atoms with Crippen molar-refractivity contribution in [2.24, 2.45) is 0 Å². The third-order valence-corrected chi connectivity index (χ3v) is 4.17. The summed E-state index contributed by atoms with van der Waals surface area (Å²) in [5.41, 5.74) is 3.59. The van der Waals surface area contributed by atoms with E-state index < -0.39 is 0 Å². The van der Waals surface area contributed by atoms with Gasteiger partial charge in [0.2, 0.25) is 0 Å². The van der Waals surface area contributed by atoms with Crippen LogP contribution in [0.4, 0.5) is 0 Å². The molecule has 0 amide bonds. The summed E-state index contributed by atoms with van der Waals surface area (Å²) in [6.45, 7) is 1.64. The topological polar surface area (TPSA) is 29.1 Å². The molecule has 1 unspecified atom stereocenters. The van der Waals surface area contributed by atoms with Gasteiger partial charge in [-0.05, 0) is 33.5 Å². The molecule has 1 atom stereocenters. The molecule has 3 heteroatoms. The van der Waals surface area contributed by atoms with Gasteiger partial charge in [-0.1, -0.05) is 24.3 Å². The molecule has 3 rings (SSSR count). The van der Waals surface area contributed by atoms with Gasteiger partial charge in [0.15, 0.2) is 0 Å². The van der Waals surface area contributed by atoms with Crippen LogP contribution in [0.25, 0.3) is 0 Å². The summed E-state index contributed by atoms with van der Waals surface area (Å²) in [5.74, 6) is 0.322. The quantitative estimate of drug-likeness (QED) is 0.916. The maximum atomic E-state index is 12.4. The van der Waals surface area contributed by atoms with Gasteiger partial charge in [-0.3, -0.25) is 4.79 Å². The van der Waals surface area contributed by atoms with Crippen LogP contribution in [0.2, 0.25) is 0 Å². The molecular weight excluding hydrogens is 242 g/mol. The fourth-order valence-electron chi connectivity index (χ4n) is 2.50. The molecule has 1 aliphatic rings. The van der Waals surface area contributed by atoms with Gasteiger partial charge in [0.1, 0.15) is 5.78 Å². The predicted molar refractivity (Wildman–Crippen MR) is 73.9 cm³/mol. The molecule has 18 heavy (non-hydrogen) atoms. The van der Waals surface area contributed by atoms with Gasteiger partial charge in [0, 0.05) is 19.5 Å². The Labute approximate surface area is 111 Å². The third kappa shape index (κ3) is 2.24. The number of Topliss-reactive ketones (excluding diaryl/α,β-unsaturated/α-hetero) is 1. The van der Waals surface area contributed by atoms with Gasteiger partial charge < -0.3 is 5.32 Å². The van der Waals surface area contributed by atoms with Crippen molar-refractivity contribution in [3.63, 3.8) is 0 Å². The second-order valence-corrected chi connectivity index (χ2v) is 5.44. The first-order valence-electron chi connectivity index (χ1n) is 6.17. The maximum Gasteiger partial charge on any atom is 0.146 e. The largest absolute Gasteiger partial charge is 0.312 e. The predicted octanol–water partition coefficient (Wildman–Crippen LogP) is 2.75. The fraction of sp³-hybridized carbons (Fsp3) is 0.267. The van der Waals surface area contributed by atoms with Crippen LogP contribution in [0.15, 0.2) is 41.1 Å². The van der Waals surface area contributed by atoms with E-state index in [1.165, 1.54) is 11.1 Å². The summed E-state index contributed by atoms with van der Waals surface area (Å²) in [5, 5.41) is 7.41. The Bertz CT molecular complexity index is 547. The number of benzene rings is 1. The SMILES string of the molecule is O=C(Cc1ccsc1)C1CNCc2ccccc21. The van der Waals surface area contributed by atoms with Crippen molar-refractivity contribution in [3.05, 3.63) is 57.8 Å². The number of hydrogen-bond donors (Lipinski definition) is 1. The van der Waals surface area contributed by atoms with E-state index in [9.17, 15) is 4.79 Å². The number of hydrogen-bond acceptors (Lipinski definition) is 3. The zero-order valence-electron chi connectivity index (χ0n) is 10.1. The Hall–Kier alpha value is -1.45. The van der Waals surface area contributed by atoms with Crippen molar-refractivity contribution < 1.29 is 4.79 Å². The van der Waals surface area contributed by atoms with Crippen molar-refractivity contribution in [2.45, 2.75) is 18.9 Å². The van der Waals surface area contributed by atoms with E-state index in [0.717, 1.165) is 18.7 Å². The zero-order valence-corrected chi connectivity index (χ0v) is 10.9. The minimum atomic E-state index is 0.00912. The standard InChI is InChI=1S/C15H15NOS/c17-15(7-11-5-6-18-10-11)14-9-16-8-12-3-1-2-4-13(12)14/h1-6,10,14,16H,7-9H2. The molecule has 1 aromatic carbocycles. The molecule has 0 bridgehead atoms. The molecule has 2 nitrogen and oxygen atoms in total. The van der Waals surface area contributed by atoms with Gasteiger partial charge in [-0.2, -0.15) is 11.3 Å². The highest BCUT2D eigenvalue weighted by Crippen LogP contribution is 2.25. The summed E-state index contributed by atoms with van der Waals surface area (Å²) in [6.07, 6.45) is 0.546. The first-order chi connectivity index (χ1) is 8.84. The first-order valence-corrected chi connectivity index (χ1v) is 7.11. The highest BCUT2D eigenvalue weighted by atomic mass is 32.1. The van der Waals surface area contributed by atoms with E-state index in [1.807, 2.05) is 23.6 Å². The molecule has 0 aliphatic carbocycles. The number of nitrogens with one attached hydrogen (secondary N) is 1. The lowest BCUT2D eigenvalue weighted by molar-refractivity contribution is -0.119. The first kappa shape index (κ1) is 11.6. The maximum absolute atomic E-state index is 12.4. The van der Waals surface area contributed by atoms with Crippen molar-refractivity contribution in [1.29, 1.82) is 0 Å². The molecule has 2 heterocycles. The normalized spacial score (nSPS) is 18.3. The molecule has 0 spiro atoms. The molecule has 0 saturated carbocycles. The lowest BCUT2D eigenvalue weighted by Crippen LogP contribution is -2.33. The number of carbonyl (C=O) groups is 1. The van der Waals surface area contributed by atoms with Crippen molar-refractivity contribution in [3.8, 4) is 0 Å². The second-order valence-electron chi connectivity index (χ2n) is 4.66. The molecule has 0 fully saturated rings. The van der Waals surface area contributed by atoms with Crippen LogP contribution in [0.3, 0.4) is 0 Å². The number of rotatable bonds is 3. The van der Waals surface area contributed by atoms with Crippen molar-refractivity contribution >= 4 is 17.1 Å². The van der Waals surface area contributed by atoms with Gasteiger partial charge >= 0.3 is 0 Å². The fourth-order valence-corrected chi connectivity index (χ4v) is 3.17. The Morgan fingerprint density at radius 1 is 1.33 bits per heavy atom. The molecule has 1 aromatic heterocycles. The Balaban J connectivity index is 1.83. The highest BCUT2D eigenvalue weighted by molar-refractivity contribution is 7.08. The van der Waals surface area contributed by atoms with E-state index >= 15 is 0 Å². The summed E-state index contributed by atoms with van der Waals surface area (Å²) in [7, 11) is 0. The molecule has 1 aliphatic heterocycles. The lowest BCUT2D eigenvalue weighted by atomic mass is 9.86. The smallest absolute Gasteiger partial charge is 0.146 e. The minimum absolute atomic E-state index is 0.00912. The van der Waals surface area contributed by atoms with Crippen molar-refractivity contribution in [2.75, 3.05) is 6.54 Å². The van der Waals surface area contributed by atoms with E-state index in [2.05, 4.69) is 22.8 Å². The van der Waals surface area contributed by atoms with Crippen LogP contribution in [-0.4, -0.2) is 12.3 Å². The van der Waals surface area contributed by atoms with Crippen LogP contribution in [0.1, 0.15) is 22.6 Å². The van der Waals surface area contributed by atoms with Crippen LogP contribution < -0.4 is 5.32 Å². The van der Waals surface area contributed by atoms with Crippen LogP contribution >= 0.6 is 11.3 Å². The van der Waals surface area contributed by atoms with E-state index in [1.54, 1.807) is 11.3 Å². The van der Waals surface area contributed by atoms with E-state index in [-0.39, 0.29) is 5.92 Å². The van der Waals surface area contributed by atoms with Gasteiger partial charge in [0.05, 0.1) is 5.92 Å². The van der Waals surface area contributed by atoms with Gasteiger partial charge in [0.25, 0.3) is 0 Å². The second kappa shape index (κ2) is 5.04. The summed E-state index contributed by atoms with van der Waals surface area (Å²) >= 11 is 1.65. The Morgan fingerprint density at radius 2 is 2.22 bits per heavy atom. The molecule has 1 N–H and O–H groups in total. The molecular formula is C15H15NOS. The number of ketones is 1. The monoisotopic (exact) mass is 257 g/mol. The number of fused-ring (bicyclic) bond motifs is 1. The average molecular weight is 257 g/mol. The summed E-state index contributed by atoms with van der Waals surface area (Å²) in [6, 6.07) is 10.3. The number of carbonyl (C=O) groups excluding carboxylic acids is 1. The highest BCUT2D eigenvalue weighted by Gasteiger charge is 2.25. The van der Waals surface area contributed by atoms with Crippen molar-refractivity contribution in [1.82, 2.24) is 5.32 Å². The summed E-state index contributed by atoms with van der Waals surface area (Å²) in [4.78, 5) is 12.4. The zero-order chi connectivity index (χ0) is 12.4. The Morgan fingerprint density at radius 3 is 3.06 bits per heavy atom. The van der Waals surface area contributed by atoms with Gasteiger partial charge in [-0.15, -0.1) is 0 Å². The van der Waals surface area contributed by atoms with E-state index in [0.29, 0.717) is 12.2 Å². The summed E-state index contributed by atoms with van der Waals surface area (Å²) < 4.78 is 0. The average Bonchev–Trinajstić information content (AvgIpc) is 2.91. The van der Waals surface area contributed by atoms with E-state index in [4.69, 9.17) is 0 Å². The van der Waals surface area contributed by atoms with Crippen LogP contribution in [0.5, 0.6) is 0 Å². The lowest BCUT2D eigenvalue weighted by Gasteiger charge is -2.25. The minimum Gasteiger partial charge on any atom is -0.312 e. The molecule has 0 radical (unpaired) electrons. The molecule has 2 aromatic rings. The Kier molecular flexibility index (Phi) is 3.26. The number of thiophene rings is 1. The third-order valence-electron chi connectivity index (χ3n) is 3.44. The van der Waals surface area contributed by atoms with Gasteiger partial charge in [-0.25, -0.2) is 0 Å². The van der Waals surface area contributed by atoms with Crippen LogP contribution in [0, 0.1) is 0 Å². The molecule has 92 valence electrons.